The maximum atomic E-state index is 4.74. The Balaban J connectivity index is 0. The van der Waals surface area contributed by atoms with Crippen LogP contribution in [0.25, 0.3) is 22.3 Å². The third kappa shape index (κ3) is 23.0. The average Bonchev–Trinajstić information content (AvgIpc) is 3.09. The van der Waals surface area contributed by atoms with E-state index in [1.807, 2.05) is 44.3 Å². The summed E-state index contributed by atoms with van der Waals surface area (Å²) in [5.41, 5.74) is 5.10. The van der Waals surface area contributed by atoms with E-state index < -0.39 is 25.1 Å². The number of rotatable bonds is 8. The lowest BCUT2D eigenvalue weighted by Crippen LogP contribution is -1.74. The van der Waals surface area contributed by atoms with E-state index in [1.165, 1.54) is 22.3 Å². The first-order chi connectivity index (χ1) is 20.4. The highest BCUT2D eigenvalue weighted by atomic mass is 31.2. The van der Waals surface area contributed by atoms with Gasteiger partial charge in [0, 0.05) is 62.7 Å². The Morgan fingerprint density at radius 3 is 0.535 bits per heavy atom. The topological polar surface area (TPSA) is 55.4 Å². The molecule has 0 aliphatic rings. The van der Waals surface area contributed by atoms with Gasteiger partial charge in [-0.3, -0.25) is 0 Å². The van der Waals surface area contributed by atoms with E-state index in [0.29, 0.717) is 0 Å². The van der Waals surface area contributed by atoms with Crippen molar-refractivity contribution in [3.8, 4) is 22.3 Å². The second-order valence-electron chi connectivity index (χ2n) is 7.88. The minimum Gasteiger partial charge on any atom is -0.338 e. The Morgan fingerprint density at radius 2 is 0.442 bits per heavy atom. The second kappa shape index (κ2) is 30.0. The van der Waals surface area contributed by atoms with E-state index >= 15 is 0 Å². The largest absolute Gasteiger partial charge is 0.338 e. The lowest BCUT2D eigenvalue weighted by Gasteiger charge is -2.01. The maximum absolute atomic E-state index is 4.74. The van der Waals surface area contributed by atoms with Crippen molar-refractivity contribution in [1.29, 1.82) is 0 Å². The van der Waals surface area contributed by atoms with Crippen molar-refractivity contribution in [3.63, 3.8) is 0 Å². The van der Waals surface area contributed by atoms with Gasteiger partial charge in [0.25, 0.3) is 0 Å². The van der Waals surface area contributed by atoms with Crippen molar-refractivity contribution < 1.29 is 27.1 Å². The average molecular weight is 649 g/mol. The number of benzene rings is 4. The maximum Gasteiger partial charge on any atom is 0.166 e. The fourth-order valence-corrected chi connectivity index (χ4v) is 3.19. The summed E-state index contributed by atoms with van der Waals surface area (Å²) in [6, 6.07) is 41.6. The zero-order chi connectivity index (χ0) is 31.4. The molecule has 0 N–H and O–H groups in total. The Bertz CT molecular complexity index is 908. The van der Waals surface area contributed by atoms with Crippen LogP contribution >= 0.6 is 25.1 Å². The Kier molecular flexibility index (Phi) is 30.0. The van der Waals surface area contributed by atoms with Crippen molar-refractivity contribution in [2.75, 3.05) is 62.7 Å². The van der Waals surface area contributed by atoms with Crippen LogP contribution in [0.2, 0.25) is 0 Å². The summed E-state index contributed by atoms with van der Waals surface area (Å²) in [6.45, 7) is 5.69. The van der Waals surface area contributed by atoms with Gasteiger partial charge < -0.3 is 27.1 Å². The minimum atomic E-state index is -0.576. The molecule has 0 bridgehead atoms. The molecule has 0 aliphatic carbocycles. The molecule has 4 rings (SSSR count). The predicted molar refractivity (Wildman–Crippen MR) is 191 cm³/mol. The van der Waals surface area contributed by atoms with Crippen LogP contribution in [0.4, 0.5) is 0 Å². The summed E-state index contributed by atoms with van der Waals surface area (Å²) in [5, 5.41) is 0. The molecule has 0 spiro atoms. The summed E-state index contributed by atoms with van der Waals surface area (Å²) in [6.07, 6.45) is 0. The van der Waals surface area contributed by atoms with E-state index in [9.17, 15) is 0 Å². The van der Waals surface area contributed by atoms with Crippen LogP contribution in [0.1, 0.15) is 7.43 Å². The summed E-state index contributed by atoms with van der Waals surface area (Å²) < 4.78 is 28.5. The SMILES string of the molecule is C.COP(C)OC.COP(C)OC.COP(C)OC.c1ccc(-c2ccccc2)cc1.c1ccc(-c2ccccc2)cc1. The Morgan fingerprint density at radius 1 is 0.302 bits per heavy atom. The fourth-order valence-electron chi connectivity index (χ4n) is 2.75. The zero-order valence-corrected chi connectivity index (χ0v) is 29.0. The summed E-state index contributed by atoms with van der Waals surface area (Å²) >= 11 is 0. The molecule has 4 aromatic rings. The first-order valence-corrected chi connectivity index (χ1v) is 17.9. The molecule has 0 aromatic heterocycles. The number of hydrogen-bond donors (Lipinski definition) is 0. The molecule has 43 heavy (non-hydrogen) atoms. The van der Waals surface area contributed by atoms with E-state index in [1.54, 1.807) is 42.7 Å². The predicted octanol–water partition coefficient (Wildman–Crippen LogP) is 11.0. The van der Waals surface area contributed by atoms with Crippen molar-refractivity contribution in [1.82, 2.24) is 0 Å². The van der Waals surface area contributed by atoms with E-state index in [0.717, 1.165) is 0 Å². The lowest BCUT2D eigenvalue weighted by atomic mass is 10.1. The van der Waals surface area contributed by atoms with Gasteiger partial charge in [-0.15, -0.1) is 0 Å². The van der Waals surface area contributed by atoms with Gasteiger partial charge in [-0.2, -0.15) is 0 Å². The Labute approximate surface area is 265 Å². The van der Waals surface area contributed by atoms with Crippen LogP contribution in [-0.4, -0.2) is 62.7 Å². The molecule has 0 saturated heterocycles. The molecule has 0 amide bonds. The van der Waals surface area contributed by atoms with Gasteiger partial charge in [0.2, 0.25) is 0 Å². The second-order valence-corrected chi connectivity index (χ2v) is 12.7. The molecule has 6 nitrogen and oxygen atoms in total. The third-order valence-electron chi connectivity index (χ3n) is 5.30. The molecule has 0 atom stereocenters. The van der Waals surface area contributed by atoms with Gasteiger partial charge in [0.05, 0.1) is 0 Å². The van der Waals surface area contributed by atoms with Crippen molar-refractivity contribution in [2.24, 2.45) is 0 Å². The lowest BCUT2D eigenvalue weighted by molar-refractivity contribution is 0.345. The molecular formula is C34H51O6P3. The van der Waals surface area contributed by atoms with E-state index in [2.05, 4.69) is 97.1 Å². The molecule has 0 radical (unpaired) electrons. The highest BCUT2D eigenvalue weighted by Gasteiger charge is 1.93. The third-order valence-corrected chi connectivity index (χ3v) is 8.39. The van der Waals surface area contributed by atoms with Gasteiger partial charge >= 0.3 is 0 Å². The highest BCUT2D eigenvalue weighted by Crippen LogP contribution is 2.30. The van der Waals surface area contributed by atoms with Crippen LogP contribution in [0.3, 0.4) is 0 Å². The van der Waals surface area contributed by atoms with Crippen LogP contribution in [-0.2, 0) is 27.1 Å². The Hall–Kier alpha value is -2.07. The van der Waals surface area contributed by atoms with E-state index in [4.69, 9.17) is 27.1 Å². The van der Waals surface area contributed by atoms with Crippen LogP contribution in [0, 0.1) is 0 Å². The summed E-state index contributed by atoms with van der Waals surface area (Å²) in [7, 11) is 8.08. The molecule has 0 saturated carbocycles. The first-order valence-electron chi connectivity index (χ1n) is 13.0. The molecule has 238 valence electrons. The fraction of sp³-hybridized carbons (Fsp3) is 0.294. The molecule has 0 aliphatic heterocycles. The van der Waals surface area contributed by atoms with Crippen molar-refractivity contribution in [3.05, 3.63) is 121 Å². The first kappa shape index (κ1) is 43.1. The molecule has 4 aromatic carbocycles. The van der Waals surface area contributed by atoms with Gasteiger partial charge in [-0.1, -0.05) is 129 Å². The van der Waals surface area contributed by atoms with Gasteiger partial charge in [-0.25, -0.2) is 0 Å². The molecule has 9 heteroatoms. The van der Waals surface area contributed by atoms with Crippen LogP contribution in [0.5, 0.6) is 0 Å². The molecule has 0 fully saturated rings. The molecule has 0 unspecified atom stereocenters. The highest BCUT2D eigenvalue weighted by molar-refractivity contribution is 7.46. The molecular weight excluding hydrogens is 597 g/mol. The minimum absolute atomic E-state index is 0. The van der Waals surface area contributed by atoms with Crippen LogP contribution < -0.4 is 0 Å². The van der Waals surface area contributed by atoms with Gasteiger partial charge in [0.15, 0.2) is 25.1 Å². The van der Waals surface area contributed by atoms with Crippen molar-refractivity contribution >= 4 is 25.1 Å². The smallest absolute Gasteiger partial charge is 0.166 e. The van der Waals surface area contributed by atoms with E-state index in [-0.39, 0.29) is 7.43 Å². The van der Waals surface area contributed by atoms with Crippen molar-refractivity contribution in [2.45, 2.75) is 7.43 Å². The standard InChI is InChI=1S/2C12H10.3C3H9O2P.CH4/c2*1-3-7-11(8-4-1)12-9-5-2-6-10-12;3*1-4-6(3)5-2;/h2*1-10H;3*1-3H3;1H4. The normalized spacial score (nSPS) is 9.58. The summed E-state index contributed by atoms with van der Waals surface area (Å²) in [5.74, 6) is 0. The monoisotopic (exact) mass is 648 g/mol. The van der Waals surface area contributed by atoms with Crippen LogP contribution in [0.15, 0.2) is 121 Å². The number of hydrogen-bond acceptors (Lipinski definition) is 6. The zero-order valence-electron chi connectivity index (χ0n) is 26.3. The summed E-state index contributed by atoms with van der Waals surface area (Å²) in [4.78, 5) is 0. The van der Waals surface area contributed by atoms with Gasteiger partial charge in [-0.05, 0) is 22.3 Å². The molecule has 0 heterocycles. The quantitative estimate of drug-likeness (QED) is 0.177. The van der Waals surface area contributed by atoms with Gasteiger partial charge in [0.1, 0.15) is 0 Å².